The largest absolute Gasteiger partial charge is 0.449 e. The number of nitrogen functional groups attached to an aromatic ring is 1. The first-order chi connectivity index (χ1) is 10.3. The summed E-state index contributed by atoms with van der Waals surface area (Å²) < 4.78 is 37.9. The molecular weight excluding hydrogens is 319 g/mol. The van der Waals surface area contributed by atoms with Crippen molar-refractivity contribution >= 4 is 16.5 Å². The van der Waals surface area contributed by atoms with Crippen LogP contribution in [0.25, 0.3) is 0 Å². The molecule has 22 heavy (non-hydrogen) atoms. The third-order valence-corrected chi connectivity index (χ3v) is 4.18. The van der Waals surface area contributed by atoms with Crippen LogP contribution in [0.4, 0.5) is 18.3 Å². The van der Waals surface area contributed by atoms with Crippen molar-refractivity contribution in [2.75, 3.05) is 12.3 Å². The van der Waals surface area contributed by atoms with Gasteiger partial charge in [0.05, 0.1) is 11.3 Å². The highest BCUT2D eigenvalue weighted by atomic mass is 32.1. The molecule has 3 N–H and O–H groups in total. The number of aromatic amines is 1. The van der Waals surface area contributed by atoms with E-state index in [2.05, 4.69) is 9.97 Å². The Hall–Kier alpha value is -1.94. The van der Waals surface area contributed by atoms with Crippen molar-refractivity contribution in [3.8, 4) is 0 Å². The summed E-state index contributed by atoms with van der Waals surface area (Å²) in [5.41, 5.74) is 5.34. The number of nitrogens with zero attached hydrogens (tertiary/aromatic N) is 3. The van der Waals surface area contributed by atoms with Crippen molar-refractivity contribution in [1.29, 1.82) is 0 Å². The van der Waals surface area contributed by atoms with Gasteiger partial charge in [0.15, 0.2) is 5.13 Å². The molecule has 10 heteroatoms. The van der Waals surface area contributed by atoms with Gasteiger partial charge in [0.2, 0.25) is 5.82 Å². The van der Waals surface area contributed by atoms with E-state index in [9.17, 15) is 18.0 Å². The topological polar surface area (TPSA) is 87.9 Å². The summed E-state index contributed by atoms with van der Waals surface area (Å²) in [7, 11) is 0. The molecule has 1 aliphatic rings. The minimum atomic E-state index is -4.65. The molecule has 0 atom stereocenters. The molecule has 1 aliphatic heterocycles. The van der Waals surface area contributed by atoms with Crippen LogP contribution in [-0.2, 0) is 25.7 Å². The fourth-order valence-electron chi connectivity index (χ4n) is 2.37. The van der Waals surface area contributed by atoms with Gasteiger partial charge in [-0.05, 0) is 0 Å². The van der Waals surface area contributed by atoms with Gasteiger partial charge in [-0.15, -0.1) is 11.3 Å². The zero-order valence-electron chi connectivity index (χ0n) is 11.3. The van der Waals surface area contributed by atoms with Crippen LogP contribution < -0.4 is 11.3 Å². The fraction of sp³-hybridized carbons (Fsp3) is 0.417. The highest BCUT2D eigenvalue weighted by Gasteiger charge is 2.35. The molecule has 118 valence electrons. The first-order valence-electron chi connectivity index (χ1n) is 6.45. The number of fused-ring (bicyclic) bond motifs is 1. The summed E-state index contributed by atoms with van der Waals surface area (Å²) in [5.74, 6) is -1.24. The van der Waals surface area contributed by atoms with Gasteiger partial charge in [0, 0.05) is 37.1 Å². The molecule has 0 bridgehead atoms. The van der Waals surface area contributed by atoms with E-state index in [0.717, 1.165) is 4.88 Å². The second-order valence-electron chi connectivity index (χ2n) is 4.96. The van der Waals surface area contributed by atoms with Gasteiger partial charge < -0.3 is 10.7 Å². The number of thiazole rings is 1. The number of hydrogen-bond acceptors (Lipinski definition) is 6. The predicted molar refractivity (Wildman–Crippen MR) is 74.2 cm³/mol. The van der Waals surface area contributed by atoms with Crippen molar-refractivity contribution in [2.45, 2.75) is 25.7 Å². The van der Waals surface area contributed by atoms with E-state index < -0.39 is 17.6 Å². The first kappa shape index (κ1) is 15.0. The molecule has 0 amide bonds. The van der Waals surface area contributed by atoms with Crippen molar-refractivity contribution in [3.63, 3.8) is 0 Å². The molecule has 0 unspecified atom stereocenters. The van der Waals surface area contributed by atoms with Gasteiger partial charge in [0.1, 0.15) is 0 Å². The third-order valence-electron chi connectivity index (χ3n) is 3.37. The molecule has 0 saturated carbocycles. The van der Waals surface area contributed by atoms with E-state index in [0.29, 0.717) is 24.6 Å². The Morgan fingerprint density at radius 3 is 2.86 bits per heavy atom. The summed E-state index contributed by atoms with van der Waals surface area (Å²) in [6.07, 6.45) is -2.69. The second kappa shape index (κ2) is 5.36. The maximum Gasteiger partial charge on any atom is 0.449 e. The van der Waals surface area contributed by atoms with Crippen LogP contribution in [0, 0.1) is 0 Å². The van der Waals surface area contributed by atoms with Gasteiger partial charge >= 0.3 is 6.18 Å². The SMILES string of the molecule is Nc1ncc(CN2CCc3nc(C(F)(F)F)[nH]c(=O)c3C2)s1. The number of aromatic nitrogens is 3. The van der Waals surface area contributed by atoms with Crippen LogP contribution in [-0.4, -0.2) is 26.4 Å². The quantitative estimate of drug-likeness (QED) is 0.868. The Morgan fingerprint density at radius 1 is 1.45 bits per heavy atom. The molecule has 2 aromatic heterocycles. The third kappa shape index (κ3) is 2.97. The molecule has 0 spiro atoms. The highest BCUT2D eigenvalue weighted by Crippen LogP contribution is 2.27. The van der Waals surface area contributed by atoms with E-state index in [4.69, 9.17) is 5.73 Å². The maximum absolute atomic E-state index is 12.6. The van der Waals surface area contributed by atoms with E-state index in [-0.39, 0.29) is 17.8 Å². The van der Waals surface area contributed by atoms with Crippen LogP contribution in [0.1, 0.15) is 22.0 Å². The minimum Gasteiger partial charge on any atom is -0.375 e. The van der Waals surface area contributed by atoms with Crippen LogP contribution in [0.5, 0.6) is 0 Å². The van der Waals surface area contributed by atoms with Crippen molar-refractivity contribution in [2.24, 2.45) is 0 Å². The lowest BCUT2D eigenvalue weighted by Crippen LogP contribution is -2.36. The molecule has 0 aromatic carbocycles. The lowest BCUT2D eigenvalue weighted by Gasteiger charge is -2.27. The molecule has 6 nitrogen and oxygen atoms in total. The number of hydrogen-bond donors (Lipinski definition) is 2. The first-order valence-corrected chi connectivity index (χ1v) is 7.26. The Kier molecular flexibility index (Phi) is 3.65. The Morgan fingerprint density at radius 2 is 2.23 bits per heavy atom. The molecule has 0 radical (unpaired) electrons. The summed E-state index contributed by atoms with van der Waals surface area (Å²) in [6, 6.07) is 0. The number of H-pyrrole nitrogens is 1. The molecular formula is C12H12F3N5OS. The lowest BCUT2D eigenvalue weighted by atomic mass is 10.1. The standard InChI is InChI=1S/C12H12F3N5OS/c13-12(14,15)10-18-8-1-2-20(5-7(8)9(21)19-10)4-6-3-17-11(16)22-6/h3H,1-2,4-5H2,(H2,16,17)(H,18,19,21). The summed E-state index contributed by atoms with van der Waals surface area (Å²) >= 11 is 1.35. The van der Waals surface area contributed by atoms with Crippen molar-refractivity contribution < 1.29 is 13.2 Å². The molecule has 3 heterocycles. The second-order valence-corrected chi connectivity index (χ2v) is 6.11. The summed E-state index contributed by atoms with van der Waals surface area (Å²) in [6.45, 7) is 1.33. The van der Waals surface area contributed by atoms with Crippen molar-refractivity contribution in [3.05, 3.63) is 38.5 Å². The number of halogens is 3. The van der Waals surface area contributed by atoms with E-state index in [1.165, 1.54) is 11.3 Å². The molecule has 0 saturated heterocycles. The monoisotopic (exact) mass is 331 g/mol. The normalized spacial score (nSPS) is 15.8. The zero-order chi connectivity index (χ0) is 15.9. The lowest BCUT2D eigenvalue weighted by molar-refractivity contribution is -0.145. The highest BCUT2D eigenvalue weighted by molar-refractivity contribution is 7.15. The zero-order valence-corrected chi connectivity index (χ0v) is 12.1. The van der Waals surface area contributed by atoms with Gasteiger partial charge in [-0.3, -0.25) is 9.69 Å². The number of anilines is 1. The molecule has 0 aliphatic carbocycles. The van der Waals surface area contributed by atoms with Gasteiger partial charge in [-0.25, -0.2) is 9.97 Å². The number of nitrogens with two attached hydrogens (primary N) is 1. The number of rotatable bonds is 2. The Bertz CT molecular complexity index is 754. The average molecular weight is 331 g/mol. The Balaban J connectivity index is 1.83. The van der Waals surface area contributed by atoms with Crippen molar-refractivity contribution in [1.82, 2.24) is 19.9 Å². The van der Waals surface area contributed by atoms with Crippen LogP contribution in [0.3, 0.4) is 0 Å². The summed E-state index contributed by atoms with van der Waals surface area (Å²) in [4.78, 5) is 24.1. The summed E-state index contributed by atoms with van der Waals surface area (Å²) in [5, 5.41) is 0.460. The Labute approximate surface area is 126 Å². The van der Waals surface area contributed by atoms with E-state index in [1.807, 2.05) is 9.88 Å². The molecule has 0 fully saturated rings. The van der Waals surface area contributed by atoms with Crippen LogP contribution >= 0.6 is 11.3 Å². The van der Waals surface area contributed by atoms with E-state index >= 15 is 0 Å². The fourth-order valence-corrected chi connectivity index (χ4v) is 3.09. The van der Waals surface area contributed by atoms with E-state index in [1.54, 1.807) is 6.20 Å². The average Bonchev–Trinajstić information content (AvgIpc) is 2.83. The number of alkyl halides is 3. The van der Waals surface area contributed by atoms with Gasteiger partial charge in [0.25, 0.3) is 5.56 Å². The van der Waals surface area contributed by atoms with Crippen LogP contribution in [0.2, 0.25) is 0 Å². The van der Waals surface area contributed by atoms with Gasteiger partial charge in [-0.1, -0.05) is 0 Å². The maximum atomic E-state index is 12.6. The smallest absolute Gasteiger partial charge is 0.375 e. The minimum absolute atomic E-state index is 0.219. The predicted octanol–water partition coefficient (Wildman–Crippen LogP) is 1.39. The van der Waals surface area contributed by atoms with Gasteiger partial charge in [-0.2, -0.15) is 13.2 Å². The molecule has 3 rings (SSSR count). The van der Waals surface area contributed by atoms with Crippen LogP contribution in [0.15, 0.2) is 11.0 Å². The number of nitrogens with one attached hydrogen (secondary N) is 1. The molecule has 2 aromatic rings.